The van der Waals surface area contributed by atoms with Crippen molar-refractivity contribution in [3.63, 3.8) is 0 Å². The first kappa shape index (κ1) is 23.0. The number of aromatic amines is 1. The van der Waals surface area contributed by atoms with Gasteiger partial charge in [-0.25, -0.2) is 0 Å². The highest BCUT2D eigenvalue weighted by Gasteiger charge is 2.11. The van der Waals surface area contributed by atoms with E-state index < -0.39 is 0 Å². The number of rotatable bonds is 10. The Kier molecular flexibility index (Phi) is 9.25. The van der Waals surface area contributed by atoms with E-state index in [1.165, 1.54) is 38.9 Å². The summed E-state index contributed by atoms with van der Waals surface area (Å²) in [6.45, 7) is 13.2. The van der Waals surface area contributed by atoms with Crippen LogP contribution in [0, 0.1) is 0 Å². The van der Waals surface area contributed by atoms with Crippen molar-refractivity contribution in [1.29, 1.82) is 0 Å². The highest BCUT2D eigenvalue weighted by atomic mass is 14.7. The minimum absolute atomic E-state index is 0.396. The van der Waals surface area contributed by atoms with Crippen LogP contribution in [-0.4, -0.2) is 4.98 Å². The molecule has 0 radical (unpaired) electrons. The van der Waals surface area contributed by atoms with E-state index in [1.807, 2.05) is 0 Å². The van der Waals surface area contributed by atoms with Crippen molar-refractivity contribution in [2.75, 3.05) is 0 Å². The molecule has 0 amide bonds. The summed E-state index contributed by atoms with van der Waals surface area (Å²) in [4.78, 5) is 3.66. The molecule has 1 heteroatoms. The van der Waals surface area contributed by atoms with Crippen LogP contribution in [0.4, 0.5) is 0 Å². The third-order valence-electron chi connectivity index (χ3n) is 5.34. The first-order chi connectivity index (χ1) is 13.8. The van der Waals surface area contributed by atoms with Gasteiger partial charge < -0.3 is 4.98 Å². The largest absolute Gasteiger partial charge is 0.358 e. The average Bonchev–Trinajstić information content (AvgIpc) is 3.08. The van der Waals surface area contributed by atoms with Crippen LogP contribution in [0.3, 0.4) is 0 Å². The molecule has 29 heavy (non-hydrogen) atoms. The molecule has 0 saturated heterocycles. The predicted octanol–water partition coefficient (Wildman–Crippen LogP) is 9.03. The van der Waals surface area contributed by atoms with Gasteiger partial charge in [0.2, 0.25) is 0 Å². The summed E-state index contributed by atoms with van der Waals surface area (Å²) in [5.41, 5.74) is 8.32. The second-order valence-electron chi connectivity index (χ2n) is 8.86. The lowest BCUT2D eigenvalue weighted by atomic mass is 9.95. The topological polar surface area (TPSA) is 15.8 Å². The van der Waals surface area contributed by atoms with Gasteiger partial charge in [-0.3, -0.25) is 0 Å². The van der Waals surface area contributed by atoms with E-state index in [2.05, 4.69) is 101 Å². The highest BCUT2D eigenvalue weighted by Crippen LogP contribution is 2.28. The number of H-pyrrole nitrogens is 1. The van der Waals surface area contributed by atoms with Gasteiger partial charge in [-0.2, -0.15) is 0 Å². The monoisotopic (exact) mass is 389 g/mol. The molecule has 1 aromatic heterocycles. The normalized spacial score (nSPS) is 13.4. The van der Waals surface area contributed by atoms with Gasteiger partial charge in [0.15, 0.2) is 0 Å². The van der Waals surface area contributed by atoms with Crippen molar-refractivity contribution in [2.24, 2.45) is 0 Å². The summed E-state index contributed by atoms with van der Waals surface area (Å²) in [6.07, 6.45) is 15.2. The Hall–Kier alpha value is -2.28. The number of hydrogen-bond acceptors (Lipinski definition) is 0. The van der Waals surface area contributed by atoms with Crippen LogP contribution in [0.1, 0.15) is 85.3 Å². The van der Waals surface area contributed by atoms with Crippen LogP contribution in [0.2, 0.25) is 0 Å². The van der Waals surface area contributed by atoms with Crippen molar-refractivity contribution >= 4 is 10.9 Å². The van der Waals surface area contributed by atoms with Gasteiger partial charge in [-0.1, -0.05) is 64.8 Å². The molecule has 0 aliphatic carbocycles. The highest BCUT2D eigenvalue weighted by molar-refractivity contribution is 5.80. The fourth-order valence-corrected chi connectivity index (χ4v) is 3.61. The van der Waals surface area contributed by atoms with Crippen LogP contribution in [0.25, 0.3) is 10.9 Å². The van der Waals surface area contributed by atoms with E-state index in [9.17, 15) is 0 Å². The summed E-state index contributed by atoms with van der Waals surface area (Å²) in [7, 11) is 0. The maximum absolute atomic E-state index is 3.66. The average molecular weight is 390 g/mol. The van der Waals surface area contributed by atoms with E-state index in [0.29, 0.717) is 5.92 Å². The molecule has 1 heterocycles. The van der Waals surface area contributed by atoms with Crippen LogP contribution in [-0.2, 0) is 0 Å². The number of aromatic nitrogens is 1. The Morgan fingerprint density at radius 3 is 2.07 bits per heavy atom. The zero-order chi connectivity index (χ0) is 21.2. The fourth-order valence-electron chi connectivity index (χ4n) is 3.61. The maximum atomic E-state index is 3.66. The SMILES string of the molecule is CC(C)=CCCC(C)=CCC(C=C(C)CCC=C(C)C)c1cc2ccccc2[nH]1. The molecule has 0 bridgehead atoms. The summed E-state index contributed by atoms with van der Waals surface area (Å²) < 4.78 is 0. The summed E-state index contributed by atoms with van der Waals surface area (Å²) in [5, 5.41) is 1.30. The molecule has 0 saturated carbocycles. The van der Waals surface area contributed by atoms with Gasteiger partial charge in [0.1, 0.15) is 0 Å². The fraction of sp³-hybridized carbons (Fsp3) is 0.429. The van der Waals surface area contributed by atoms with E-state index in [4.69, 9.17) is 0 Å². The molecule has 156 valence electrons. The molecular weight excluding hydrogens is 350 g/mol. The minimum atomic E-state index is 0.396. The number of fused-ring (bicyclic) bond motifs is 1. The van der Waals surface area contributed by atoms with Crippen molar-refractivity contribution < 1.29 is 0 Å². The lowest BCUT2D eigenvalue weighted by Gasteiger charge is -2.12. The Morgan fingerprint density at radius 2 is 1.45 bits per heavy atom. The smallest absolute Gasteiger partial charge is 0.0456 e. The van der Waals surface area contributed by atoms with Gasteiger partial charge in [0, 0.05) is 17.1 Å². The van der Waals surface area contributed by atoms with Gasteiger partial charge in [-0.05, 0) is 91.2 Å². The number of para-hydroxylation sites is 1. The molecule has 0 aliphatic rings. The molecule has 1 N–H and O–H groups in total. The van der Waals surface area contributed by atoms with Crippen LogP contribution in [0.15, 0.2) is 76.9 Å². The van der Waals surface area contributed by atoms with Crippen molar-refractivity contribution in [2.45, 2.75) is 79.6 Å². The van der Waals surface area contributed by atoms with E-state index >= 15 is 0 Å². The quantitative estimate of drug-likeness (QED) is 0.390. The Bertz CT molecular complexity index is 860. The van der Waals surface area contributed by atoms with Crippen molar-refractivity contribution in [3.05, 3.63) is 82.6 Å². The first-order valence-corrected chi connectivity index (χ1v) is 11.0. The van der Waals surface area contributed by atoms with Crippen LogP contribution >= 0.6 is 0 Å². The van der Waals surface area contributed by atoms with Crippen LogP contribution < -0.4 is 0 Å². The Balaban J connectivity index is 2.18. The summed E-state index contributed by atoms with van der Waals surface area (Å²) in [5.74, 6) is 0.396. The maximum Gasteiger partial charge on any atom is 0.0456 e. The number of benzene rings is 1. The van der Waals surface area contributed by atoms with E-state index in [0.717, 1.165) is 32.1 Å². The van der Waals surface area contributed by atoms with Gasteiger partial charge in [-0.15, -0.1) is 0 Å². The molecule has 1 unspecified atom stereocenters. The van der Waals surface area contributed by atoms with Gasteiger partial charge in [0.05, 0.1) is 0 Å². The van der Waals surface area contributed by atoms with Crippen molar-refractivity contribution in [1.82, 2.24) is 4.98 Å². The lowest BCUT2D eigenvalue weighted by Crippen LogP contribution is -1.97. The molecule has 2 rings (SSSR count). The third-order valence-corrected chi connectivity index (χ3v) is 5.34. The molecular formula is C28H39N. The summed E-state index contributed by atoms with van der Waals surface area (Å²) in [6, 6.07) is 10.9. The molecule has 2 aromatic rings. The standard InChI is InChI=1S/C28H39N/c1-21(2)11-9-13-23(5)17-18-26(19-24(6)14-10-12-22(3)4)28-20-25-15-7-8-16-27(25)29-28/h7-8,11-12,15-17,19-20,26,29H,9-10,13-14,18H2,1-6H3. The molecule has 0 spiro atoms. The zero-order valence-electron chi connectivity index (χ0n) is 19.3. The van der Waals surface area contributed by atoms with Gasteiger partial charge in [0.25, 0.3) is 0 Å². The molecule has 1 atom stereocenters. The first-order valence-electron chi connectivity index (χ1n) is 11.0. The van der Waals surface area contributed by atoms with E-state index in [1.54, 1.807) is 0 Å². The minimum Gasteiger partial charge on any atom is -0.358 e. The predicted molar refractivity (Wildman–Crippen MR) is 131 cm³/mol. The second kappa shape index (κ2) is 11.7. The van der Waals surface area contributed by atoms with Crippen LogP contribution in [0.5, 0.6) is 0 Å². The zero-order valence-corrected chi connectivity index (χ0v) is 19.3. The van der Waals surface area contributed by atoms with Crippen molar-refractivity contribution in [3.8, 4) is 0 Å². The summed E-state index contributed by atoms with van der Waals surface area (Å²) >= 11 is 0. The molecule has 1 nitrogen and oxygen atoms in total. The molecule has 0 aliphatic heterocycles. The Morgan fingerprint density at radius 1 is 0.828 bits per heavy atom. The number of allylic oxidation sites excluding steroid dienone is 8. The molecule has 1 aromatic carbocycles. The third kappa shape index (κ3) is 8.31. The number of hydrogen-bond donors (Lipinski definition) is 1. The Labute approximate surface area is 178 Å². The molecule has 0 fully saturated rings. The van der Waals surface area contributed by atoms with Gasteiger partial charge >= 0.3 is 0 Å². The second-order valence-corrected chi connectivity index (χ2v) is 8.86. The lowest BCUT2D eigenvalue weighted by molar-refractivity contribution is 0.804. The van der Waals surface area contributed by atoms with E-state index in [-0.39, 0.29) is 0 Å². The number of nitrogens with one attached hydrogen (secondary N) is 1.